The summed E-state index contributed by atoms with van der Waals surface area (Å²) in [5.41, 5.74) is 0.0814. The van der Waals surface area contributed by atoms with Crippen LogP contribution in [0.2, 0.25) is 0 Å². The van der Waals surface area contributed by atoms with Gasteiger partial charge in [0.05, 0.1) is 18.1 Å². The number of likely N-dealkylation sites (tertiary alicyclic amines) is 1. The first-order valence-electron chi connectivity index (χ1n) is 7.44. The Kier molecular flexibility index (Phi) is 5.50. The molecule has 0 aliphatic carbocycles. The maximum absolute atomic E-state index is 14.1. The summed E-state index contributed by atoms with van der Waals surface area (Å²) in [6, 6.07) is 3.12. The second kappa shape index (κ2) is 7.39. The molecule has 2 N–H and O–H groups in total. The van der Waals surface area contributed by atoms with Gasteiger partial charge < -0.3 is 20.1 Å². The monoisotopic (exact) mass is 338 g/mol. The number of carboxylic acid groups (broad SMARTS) is 1. The van der Waals surface area contributed by atoms with E-state index in [-0.39, 0.29) is 30.5 Å². The number of anilines is 1. The SMILES string of the molecule is COC1CC(CC(=O)O)N(C(=O)c2cc(NC(C)=O)ccc2F)C1. The van der Waals surface area contributed by atoms with Gasteiger partial charge in [-0.05, 0) is 24.6 Å². The van der Waals surface area contributed by atoms with Gasteiger partial charge in [0.2, 0.25) is 5.91 Å². The Bertz CT molecular complexity index is 664. The van der Waals surface area contributed by atoms with Crippen LogP contribution in [-0.2, 0) is 14.3 Å². The van der Waals surface area contributed by atoms with Crippen LogP contribution in [0.4, 0.5) is 10.1 Å². The highest BCUT2D eigenvalue weighted by atomic mass is 19.1. The molecule has 1 heterocycles. The third-order valence-electron chi connectivity index (χ3n) is 3.90. The Morgan fingerprint density at radius 2 is 2.12 bits per heavy atom. The first-order chi connectivity index (χ1) is 11.3. The number of carboxylic acids is 1. The second-order valence-electron chi connectivity index (χ2n) is 5.68. The van der Waals surface area contributed by atoms with Crippen LogP contribution in [0, 0.1) is 5.82 Å². The Balaban J connectivity index is 2.28. The summed E-state index contributed by atoms with van der Waals surface area (Å²) in [6.45, 7) is 1.49. The second-order valence-corrected chi connectivity index (χ2v) is 5.68. The zero-order chi connectivity index (χ0) is 17.9. The van der Waals surface area contributed by atoms with Crippen molar-refractivity contribution in [2.75, 3.05) is 19.0 Å². The maximum atomic E-state index is 14.1. The zero-order valence-corrected chi connectivity index (χ0v) is 13.4. The zero-order valence-electron chi connectivity index (χ0n) is 13.4. The fourth-order valence-electron chi connectivity index (χ4n) is 2.81. The number of carbonyl (C=O) groups is 3. The van der Waals surface area contributed by atoms with Crippen molar-refractivity contribution in [3.8, 4) is 0 Å². The van der Waals surface area contributed by atoms with Crippen molar-refractivity contribution in [2.24, 2.45) is 0 Å². The number of hydrogen-bond donors (Lipinski definition) is 2. The van der Waals surface area contributed by atoms with Crippen LogP contribution in [0.1, 0.15) is 30.1 Å². The lowest BCUT2D eigenvalue weighted by Gasteiger charge is -2.23. The summed E-state index contributed by atoms with van der Waals surface area (Å²) in [4.78, 5) is 36.1. The smallest absolute Gasteiger partial charge is 0.305 e. The average Bonchev–Trinajstić information content (AvgIpc) is 2.90. The van der Waals surface area contributed by atoms with Crippen LogP contribution < -0.4 is 5.32 Å². The molecule has 1 aliphatic heterocycles. The van der Waals surface area contributed by atoms with Crippen molar-refractivity contribution >= 4 is 23.5 Å². The number of halogens is 1. The molecule has 130 valence electrons. The number of aliphatic carboxylic acids is 1. The number of methoxy groups -OCH3 is 1. The van der Waals surface area contributed by atoms with E-state index in [9.17, 15) is 18.8 Å². The van der Waals surface area contributed by atoms with Crippen molar-refractivity contribution in [1.82, 2.24) is 4.90 Å². The van der Waals surface area contributed by atoms with Crippen molar-refractivity contribution in [3.63, 3.8) is 0 Å². The fraction of sp³-hybridized carbons (Fsp3) is 0.438. The number of ether oxygens (including phenoxy) is 1. The van der Waals surface area contributed by atoms with Gasteiger partial charge in [0.1, 0.15) is 5.82 Å². The van der Waals surface area contributed by atoms with E-state index in [1.165, 1.54) is 31.1 Å². The molecule has 0 aromatic heterocycles. The molecule has 1 saturated heterocycles. The van der Waals surface area contributed by atoms with Gasteiger partial charge >= 0.3 is 5.97 Å². The molecule has 2 atom stereocenters. The molecule has 0 saturated carbocycles. The summed E-state index contributed by atoms with van der Waals surface area (Å²) in [5.74, 6) is -2.74. The summed E-state index contributed by atoms with van der Waals surface area (Å²) in [5, 5.41) is 11.5. The Hall–Kier alpha value is -2.48. The number of benzene rings is 1. The van der Waals surface area contributed by atoms with E-state index in [2.05, 4.69) is 5.32 Å². The first kappa shape index (κ1) is 17.9. The first-order valence-corrected chi connectivity index (χ1v) is 7.44. The van der Waals surface area contributed by atoms with E-state index < -0.39 is 23.7 Å². The minimum absolute atomic E-state index is 0.192. The topological polar surface area (TPSA) is 95.9 Å². The Labute approximate surface area is 138 Å². The third-order valence-corrected chi connectivity index (χ3v) is 3.90. The molecule has 2 rings (SSSR count). The standard InChI is InChI=1S/C16H19FN2O5/c1-9(20)18-10-3-4-14(17)13(5-10)16(23)19-8-12(24-2)6-11(19)7-15(21)22/h3-5,11-12H,6-8H2,1-2H3,(H,18,20)(H,21,22). The minimum atomic E-state index is -1.04. The van der Waals surface area contributed by atoms with E-state index in [0.717, 1.165) is 6.07 Å². The van der Waals surface area contributed by atoms with Crippen molar-refractivity contribution < 1.29 is 28.6 Å². The molecule has 0 bridgehead atoms. The van der Waals surface area contributed by atoms with Crippen LogP contribution in [0.3, 0.4) is 0 Å². The highest BCUT2D eigenvalue weighted by Gasteiger charge is 2.37. The lowest BCUT2D eigenvalue weighted by Crippen LogP contribution is -2.37. The van der Waals surface area contributed by atoms with Gasteiger partial charge in [-0.25, -0.2) is 4.39 Å². The molecular weight excluding hydrogens is 319 g/mol. The van der Waals surface area contributed by atoms with Crippen LogP contribution in [-0.4, -0.2) is 53.6 Å². The van der Waals surface area contributed by atoms with E-state index in [1.807, 2.05) is 0 Å². The van der Waals surface area contributed by atoms with Gasteiger partial charge in [-0.1, -0.05) is 0 Å². The number of nitrogens with zero attached hydrogens (tertiary/aromatic N) is 1. The van der Waals surface area contributed by atoms with Gasteiger partial charge in [0.15, 0.2) is 0 Å². The molecular formula is C16H19FN2O5. The maximum Gasteiger partial charge on any atom is 0.305 e. The van der Waals surface area contributed by atoms with E-state index in [1.54, 1.807) is 0 Å². The molecule has 1 fully saturated rings. The van der Waals surface area contributed by atoms with Crippen molar-refractivity contribution in [3.05, 3.63) is 29.6 Å². The summed E-state index contributed by atoms with van der Waals surface area (Å²) >= 11 is 0. The molecule has 2 amide bonds. The van der Waals surface area contributed by atoms with E-state index >= 15 is 0 Å². The number of amides is 2. The molecule has 8 heteroatoms. The number of carbonyl (C=O) groups excluding carboxylic acids is 2. The van der Waals surface area contributed by atoms with E-state index in [0.29, 0.717) is 12.1 Å². The van der Waals surface area contributed by atoms with Crippen molar-refractivity contribution in [1.29, 1.82) is 0 Å². The molecule has 0 radical (unpaired) electrons. The summed E-state index contributed by atoms with van der Waals surface area (Å²) in [6.07, 6.45) is -0.153. The van der Waals surface area contributed by atoms with Crippen LogP contribution >= 0.6 is 0 Å². The van der Waals surface area contributed by atoms with Gasteiger partial charge in [-0.15, -0.1) is 0 Å². The average molecular weight is 338 g/mol. The lowest BCUT2D eigenvalue weighted by atomic mass is 10.1. The number of hydrogen-bond acceptors (Lipinski definition) is 4. The highest BCUT2D eigenvalue weighted by Crippen LogP contribution is 2.26. The Morgan fingerprint density at radius 1 is 1.42 bits per heavy atom. The molecule has 2 unspecified atom stereocenters. The summed E-state index contributed by atoms with van der Waals surface area (Å²) < 4.78 is 19.3. The molecule has 7 nitrogen and oxygen atoms in total. The number of nitrogens with one attached hydrogen (secondary N) is 1. The number of rotatable bonds is 5. The minimum Gasteiger partial charge on any atom is -0.481 e. The van der Waals surface area contributed by atoms with Gasteiger partial charge in [-0.2, -0.15) is 0 Å². The highest BCUT2D eigenvalue weighted by molar-refractivity contribution is 5.97. The Morgan fingerprint density at radius 3 is 2.71 bits per heavy atom. The van der Waals surface area contributed by atoms with Crippen molar-refractivity contribution in [2.45, 2.75) is 31.9 Å². The van der Waals surface area contributed by atoms with Gasteiger partial charge in [0, 0.05) is 32.3 Å². The molecule has 1 aliphatic rings. The van der Waals surface area contributed by atoms with Crippen LogP contribution in [0.15, 0.2) is 18.2 Å². The predicted molar refractivity (Wildman–Crippen MR) is 83.2 cm³/mol. The molecule has 1 aromatic carbocycles. The van der Waals surface area contributed by atoms with Crippen LogP contribution in [0.5, 0.6) is 0 Å². The molecule has 0 spiro atoms. The molecule has 24 heavy (non-hydrogen) atoms. The largest absolute Gasteiger partial charge is 0.481 e. The quantitative estimate of drug-likeness (QED) is 0.848. The van der Waals surface area contributed by atoms with Crippen LogP contribution in [0.25, 0.3) is 0 Å². The molecule has 1 aromatic rings. The summed E-state index contributed by atoms with van der Waals surface area (Å²) in [7, 11) is 1.48. The van der Waals surface area contributed by atoms with Gasteiger partial charge in [0.25, 0.3) is 5.91 Å². The predicted octanol–water partition coefficient (Wildman–Crippen LogP) is 1.49. The van der Waals surface area contributed by atoms with E-state index in [4.69, 9.17) is 9.84 Å². The lowest BCUT2D eigenvalue weighted by molar-refractivity contribution is -0.138. The fourth-order valence-corrected chi connectivity index (χ4v) is 2.81. The van der Waals surface area contributed by atoms with Gasteiger partial charge in [-0.3, -0.25) is 14.4 Å². The third kappa shape index (κ3) is 4.08. The normalized spacial score (nSPS) is 20.0.